The van der Waals surface area contributed by atoms with Crippen molar-refractivity contribution in [2.24, 2.45) is 11.1 Å². The Labute approximate surface area is 120 Å². The van der Waals surface area contributed by atoms with Crippen molar-refractivity contribution in [1.29, 1.82) is 0 Å². The van der Waals surface area contributed by atoms with Crippen LogP contribution in [0.1, 0.15) is 56.6 Å². The number of aromatic nitrogens is 1. The summed E-state index contributed by atoms with van der Waals surface area (Å²) in [6, 6.07) is 2.80. The van der Waals surface area contributed by atoms with Crippen molar-refractivity contribution in [2.45, 2.75) is 46.6 Å². The van der Waals surface area contributed by atoms with Crippen LogP contribution < -0.4 is 11.1 Å². The number of nitrogens with one attached hydrogen (secondary N) is 1. The third-order valence-electron chi connectivity index (χ3n) is 3.07. The first-order valence-electron chi connectivity index (χ1n) is 6.69. The van der Waals surface area contributed by atoms with E-state index in [0.717, 1.165) is 5.69 Å². The van der Waals surface area contributed by atoms with Crippen LogP contribution in [0.4, 0.5) is 0 Å². The molecule has 1 aromatic heterocycles. The summed E-state index contributed by atoms with van der Waals surface area (Å²) in [5, 5.41) is 2.67. The molecule has 0 aliphatic rings. The first-order chi connectivity index (χ1) is 9.12. The van der Waals surface area contributed by atoms with Crippen LogP contribution in [0.3, 0.4) is 0 Å². The van der Waals surface area contributed by atoms with Gasteiger partial charge in [0.25, 0.3) is 5.91 Å². The molecule has 1 heterocycles. The van der Waals surface area contributed by atoms with Gasteiger partial charge in [0.15, 0.2) is 0 Å². The Kier molecular flexibility index (Phi) is 4.87. The highest BCUT2D eigenvalue weighted by molar-refractivity contribution is 5.97. The van der Waals surface area contributed by atoms with E-state index in [1.807, 2.05) is 40.7 Å². The van der Waals surface area contributed by atoms with Crippen LogP contribution in [0.5, 0.6) is 0 Å². The second-order valence-corrected chi connectivity index (χ2v) is 6.30. The second-order valence-electron chi connectivity index (χ2n) is 6.30. The molecule has 2 amide bonds. The van der Waals surface area contributed by atoms with E-state index in [9.17, 15) is 9.59 Å². The Balaban J connectivity index is 2.87. The Morgan fingerprint density at radius 2 is 1.85 bits per heavy atom. The molecule has 0 aliphatic carbocycles. The number of carbonyl (C=O) groups excluding carboxylic acids is 2. The lowest BCUT2D eigenvalue weighted by atomic mass is 9.86. The Bertz CT molecular complexity index is 487. The molecule has 1 aromatic rings. The highest BCUT2D eigenvalue weighted by Crippen LogP contribution is 2.19. The average Bonchev–Trinajstić information content (AvgIpc) is 2.33. The van der Waals surface area contributed by atoms with E-state index in [2.05, 4.69) is 10.3 Å². The predicted molar refractivity (Wildman–Crippen MR) is 78.2 cm³/mol. The number of nitrogens with two attached hydrogens (primary N) is 1. The van der Waals surface area contributed by atoms with Crippen molar-refractivity contribution in [3.63, 3.8) is 0 Å². The Hall–Kier alpha value is -1.91. The molecule has 110 valence electrons. The fourth-order valence-corrected chi connectivity index (χ4v) is 1.81. The molecule has 0 spiro atoms. The smallest absolute Gasteiger partial charge is 0.253 e. The Morgan fingerprint density at radius 1 is 1.25 bits per heavy atom. The van der Waals surface area contributed by atoms with E-state index < -0.39 is 17.4 Å². The van der Waals surface area contributed by atoms with Gasteiger partial charge in [0.05, 0.1) is 5.56 Å². The fraction of sp³-hybridized carbons (Fsp3) is 0.533. The maximum atomic E-state index is 12.1. The largest absolute Gasteiger partial charge is 0.368 e. The summed E-state index contributed by atoms with van der Waals surface area (Å²) in [4.78, 5) is 27.8. The molecule has 0 saturated carbocycles. The molecule has 0 aliphatic heterocycles. The standard InChI is InChI=1S/C15H23N3O2/c1-9(2)11-7-6-10(8-17-11)14(20)18-12(13(16)19)15(3,4)5/h6-9,12H,1-5H3,(H2,16,19)(H,18,20)/t12-/m1/s1. The Morgan fingerprint density at radius 3 is 2.20 bits per heavy atom. The molecule has 0 saturated heterocycles. The number of hydrogen-bond donors (Lipinski definition) is 2. The summed E-state index contributed by atoms with van der Waals surface area (Å²) in [5.74, 6) is -0.579. The predicted octanol–water partition coefficient (Wildman–Crippen LogP) is 1.83. The van der Waals surface area contributed by atoms with Gasteiger partial charge >= 0.3 is 0 Å². The number of amides is 2. The van der Waals surface area contributed by atoms with Crippen molar-refractivity contribution < 1.29 is 9.59 Å². The summed E-state index contributed by atoms with van der Waals surface area (Å²) >= 11 is 0. The minimum atomic E-state index is -0.722. The molecule has 0 unspecified atom stereocenters. The van der Waals surface area contributed by atoms with Gasteiger partial charge < -0.3 is 11.1 Å². The SMILES string of the molecule is CC(C)c1ccc(C(=O)N[C@H](C(N)=O)C(C)(C)C)cn1. The van der Waals surface area contributed by atoms with Crippen molar-refractivity contribution in [1.82, 2.24) is 10.3 Å². The highest BCUT2D eigenvalue weighted by Gasteiger charge is 2.31. The van der Waals surface area contributed by atoms with Gasteiger partial charge in [-0.1, -0.05) is 34.6 Å². The maximum Gasteiger partial charge on any atom is 0.253 e. The summed E-state index contributed by atoms with van der Waals surface area (Å²) < 4.78 is 0. The van der Waals surface area contributed by atoms with E-state index >= 15 is 0 Å². The number of hydrogen-bond acceptors (Lipinski definition) is 3. The van der Waals surface area contributed by atoms with E-state index in [-0.39, 0.29) is 5.91 Å². The van der Waals surface area contributed by atoms with Crippen molar-refractivity contribution in [3.05, 3.63) is 29.6 Å². The summed E-state index contributed by atoms with van der Waals surface area (Å²) in [5.41, 5.74) is 6.25. The molecule has 0 fully saturated rings. The van der Waals surface area contributed by atoms with Gasteiger partial charge in [-0.15, -0.1) is 0 Å². The first-order valence-corrected chi connectivity index (χ1v) is 6.69. The lowest BCUT2D eigenvalue weighted by Gasteiger charge is -2.28. The van der Waals surface area contributed by atoms with Gasteiger partial charge in [-0.25, -0.2) is 0 Å². The average molecular weight is 277 g/mol. The molecule has 1 atom stereocenters. The lowest BCUT2D eigenvalue weighted by molar-refractivity contribution is -0.122. The fourth-order valence-electron chi connectivity index (χ4n) is 1.81. The lowest BCUT2D eigenvalue weighted by Crippen LogP contribution is -2.52. The van der Waals surface area contributed by atoms with Crippen LogP contribution in [0, 0.1) is 5.41 Å². The monoisotopic (exact) mass is 277 g/mol. The third kappa shape index (κ3) is 4.05. The van der Waals surface area contributed by atoms with E-state index in [1.165, 1.54) is 6.20 Å². The zero-order valence-corrected chi connectivity index (χ0v) is 12.7. The van der Waals surface area contributed by atoms with E-state index in [0.29, 0.717) is 11.5 Å². The molecular formula is C15H23N3O2. The summed E-state index contributed by atoms with van der Waals surface area (Å²) in [6.45, 7) is 9.62. The van der Waals surface area contributed by atoms with Crippen LogP contribution in [-0.4, -0.2) is 22.8 Å². The van der Waals surface area contributed by atoms with Crippen LogP contribution >= 0.6 is 0 Å². The van der Waals surface area contributed by atoms with Crippen LogP contribution in [0.15, 0.2) is 18.3 Å². The maximum absolute atomic E-state index is 12.1. The van der Waals surface area contributed by atoms with Gasteiger partial charge in [0, 0.05) is 11.9 Å². The van der Waals surface area contributed by atoms with Gasteiger partial charge in [-0.3, -0.25) is 14.6 Å². The van der Waals surface area contributed by atoms with E-state index in [4.69, 9.17) is 5.73 Å². The minimum Gasteiger partial charge on any atom is -0.368 e. The quantitative estimate of drug-likeness (QED) is 0.880. The molecule has 1 rings (SSSR count). The van der Waals surface area contributed by atoms with Gasteiger partial charge in [0.2, 0.25) is 5.91 Å². The zero-order valence-electron chi connectivity index (χ0n) is 12.7. The van der Waals surface area contributed by atoms with Gasteiger partial charge in [-0.05, 0) is 23.5 Å². The van der Waals surface area contributed by atoms with Crippen LogP contribution in [-0.2, 0) is 4.79 Å². The summed E-state index contributed by atoms with van der Waals surface area (Å²) in [6.07, 6.45) is 1.52. The van der Waals surface area contributed by atoms with Crippen molar-refractivity contribution in [2.75, 3.05) is 0 Å². The third-order valence-corrected chi connectivity index (χ3v) is 3.07. The van der Waals surface area contributed by atoms with Crippen molar-refractivity contribution in [3.8, 4) is 0 Å². The molecular weight excluding hydrogens is 254 g/mol. The number of primary amides is 1. The molecule has 0 aromatic carbocycles. The molecule has 0 bridgehead atoms. The summed E-state index contributed by atoms with van der Waals surface area (Å²) in [7, 11) is 0. The van der Waals surface area contributed by atoms with Crippen LogP contribution in [0.25, 0.3) is 0 Å². The number of pyridine rings is 1. The van der Waals surface area contributed by atoms with Crippen LogP contribution in [0.2, 0.25) is 0 Å². The molecule has 3 N–H and O–H groups in total. The molecule has 5 heteroatoms. The van der Waals surface area contributed by atoms with Gasteiger partial charge in [0.1, 0.15) is 6.04 Å². The number of rotatable bonds is 4. The number of nitrogens with zero attached hydrogens (tertiary/aromatic N) is 1. The second kappa shape index (κ2) is 6.03. The molecule has 5 nitrogen and oxygen atoms in total. The number of carbonyl (C=O) groups is 2. The van der Waals surface area contributed by atoms with Crippen molar-refractivity contribution >= 4 is 11.8 Å². The zero-order chi connectivity index (χ0) is 15.5. The topological polar surface area (TPSA) is 85.1 Å². The first kappa shape index (κ1) is 16.1. The highest BCUT2D eigenvalue weighted by atomic mass is 16.2. The molecule has 0 radical (unpaired) electrons. The minimum absolute atomic E-state index is 0.306. The molecule has 20 heavy (non-hydrogen) atoms. The van der Waals surface area contributed by atoms with Gasteiger partial charge in [-0.2, -0.15) is 0 Å². The van der Waals surface area contributed by atoms with E-state index in [1.54, 1.807) is 6.07 Å². The normalized spacial score (nSPS) is 13.1.